The third kappa shape index (κ3) is 5.70. The minimum Gasteiger partial charge on any atom is -0.497 e. The third-order valence-corrected chi connectivity index (χ3v) is 5.06. The molecular weight excluding hydrogens is 350 g/mol. The highest BCUT2D eigenvalue weighted by atomic mass is 35.5. The van der Waals surface area contributed by atoms with E-state index in [1.165, 1.54) is 0 Å². The predicted molar refractivity (Wildman–Crippen MR) is 95.2 cm³/mol. The van der Waals surface area contributed by atoms with Gasteiger partial charge < -0.3 is 9.47 Å². The number of hydrogen-bond acceptors (Lipinski definition) is 4. The van der Waals surface area contributed by atoms with Crippen molar-refractivity contribution in [3.8, 4) is 11.5 Å². The lowest BCUT2D eigenvalue weighted by Crippen LogP contribution is -2.37. The van der Waals surface area contributed by atoms with E-state index in [-0.39, 0.29) is 18.4 Å². The lowest BCUT2D eigenvalue weighted by molar-refractivity contribution is 0.287. The Hall–Kier alpha value is -1.76. The van der Waals surface area contributed by atoms with Crippen LogP contribution in [0, 0.1) is 0 Å². The first-order valence-corrected chi connectivity index (χ1v) is 9.43. The van der Waals surface area contributed by atoms with Crippen molar-refractivity contribution in [2.45, 2.75) is 18.7 Å². The van der Waals surface area contributed by atoms with E-state index in [4.69, 9.17) is 21.1 Å². The lowest BCUT2D eigenvalue weighted by Gasteiger charge is -2.16. The molecule has 0 fully saturated rings. The second-order valence-corrected chi connectivity index (χ2v) is 7.52. The lowest BCUT2D eigenvalue weighted by atomic mass is 10.2. The molecule has 2 aromatic carbocycles. The van der Waals surface area contributed by atoms with Gasteiger partial charge in [-0.15, -0.1) is 0 Å². The van der Waals surface area contributed by atoms with Crippen LogP contribution >= 0.6 is 11.6 Å². The second-order valence-electron chi connectivity index (χ2n) is 5.36. The summed E-state index contributed by atoms with van der Waals surface area (Å²) >= 11 is 6.01. The maximum Gasteiger partial charge on any atom is 0.216 e. The van der Waals surface area contributed by atoms with Gasteiger partial charge in [0.15, 0.2) is 0 Å². The molecular formula is C17H20ClNO4S. The van der Waals surface area contributed by atoms with Crippen LogP contribution < -0.4 is 14.2 Å². The summed E-state index contributed by atoms with van der Waals surface area (Å²) in [6, 6.07) is 13.6. The molecule has 0 aliphatic rings. The van der Waals surface area contributed by atoms with Gasteiger partial charge in [-0.1, -0.05) is 29.8 Å². The predicted octanol–water partition coefficient (Wildman–Crippen LogP) is 3.24. The normalized spacial score (nSPS) is 12.6. The van der Waals surface area contributed by atoms with Gasteiger partial charge in [0.05, 0.1) is 18.9 Å². The van der Waals surface area contributed by atoms with Crippen molar-refractivity contribution in [3.05, 3.63) is 59.1 Å². The Labute approximate surface area is 147 Å². The van der Waals surface area contributed by atoms with Crippen molar-refractivity contribution in [2.24, 2.45) is 0 Å². The molecule has 0 amide bonds. The van der Waals surface area contributed by atoms with Crippen molar-refractivity contribution in [2.75, 3.05) is 13.7 Å². The molecule has 7 heteroatoms. The SMILES string of the molecule is COc1ccc(OC[C@@H](C)NS(=O)(=O)Cc2ccccc2Cl)cc1. The Morgan fingerprint density at radius 1 is 1.08 bits per heavy atom. The molecule has 0 saturated heterocycles. The summed E-state index contributed by atoms with van der Waals surface area (Å²) in [7, 11) is -1.92. The highest BCUT2D eigenvalue weighted by Crippen LogP contribution is 2.18. The fourth-order valence-electron chi connectivity index (χ4n) is 2.10. The first-order valence-electron chi connectivity index (χ1n) is 7.40. The highest BCUT2D eigenvalue weighted by Gasteiger charge is 2.17. The summed E-state index contributed by atoms with van der Waals surface area (Å²) in [5, 5.41) is 0.435. The standard InChI is InChI=1S/C17H20ClNO4S/c1-13(11-23-16-9-7-15(22-2)8-10-16)19-24(20,21)12-14-5-3-4-6-17(14)18/h3-10,13,19H,11-12H2,1-2H3/t13-/m1/s1. The molecule has 0 saturated carbocycles. The molecule has 2 aromatic rings. The number of rotatable bonds is 8. The van der Waals surface area contributed by atoms with Crippen molar-refractivity contribution >= 4 is 21.6 Å². The van der Waals surface area contributed by atoms with Gasteiger partial charge in [0.25, 0.3) is 0 Å². The van der Waals surface area contributed by atoms with E-state index in [0.29, 0.717) is 16.3 Å². The van der Waals surface area contributed by atoms with Crippen molar-refractivity contribution < 1.29 is 17.9 Å². The summed E-state index contributed by atoms with van der Waals surface area (Å²) in [5.74, 6) is 1.21. The fourth-order valence-corrected chi connectivity index (χ4v) is 3.80. The van der Waals surface area contributed by atoms with Crippen molar-refractivity contribution in [3.63, 3.8) is 0 Å². The summed E-state index contributed by atoms with van der Waals surface area (Å²) in [6.07, 6.45) is 0. The number of benzene rings is 2. The molecule has 5 nitrogen and oxygen atoms in total. The third-order valence-electron chi connectivity index (χ3n) is 3.24. The largest absolute Gasteiger partial charge is 0.497 e. The zero-order valence-electron chi connectivity index (χ0n) is 13.5. The summed E-state index contributed by atoms with van der Waals surface area (Å²) in [5.41, 5.74) is 0.565. The van der Waals surface area contributed by atoms with Crippen LogP contribution in [0.1, 0.15) is 12.5 Å². The molecule has 0 spiro atoms. The topological polar surface area (TPSA) is 64.6 Å². The molecule has 24 heavy (non-hydrogen) atoms. The quantitative estimate of drug-likeness (QED) is 0.775. The van der Waals surface area contributed by atoms with Crippen LogP contribution in [0.15, 0.2) is 48.5 Å². The molecule has 0 bridgehead atoms. The minimum atomic E-state index is -3.51. The first-order chi connectivity index (χ1) is 11.4. The summed E-state index contributed by atoms with van der Waals surface area (Å²) < 4.78 is 37.7. The Bertz CT molecular complexity index is 762. The molecule has 0 radical (unpaired) electrons. The molecule has 1 atom stereocenters. The molecule has 0 aliphatic heterocycles. The average molecular weight is 370 g/mol. The van der Waals surface area contributed by atoms with Crippen LogP contribution in [0.4, 0.5) is 0 Å². The van der Waals surface area contributed by atoms with Gasteiger partial charge >= 0.3 is 0 Å². The van der Waals surface area contributed by atoms with Gasteiger partial charge in [-0.05, 0) is 42.8 Å². The number of methoxy groups -OCH3 is 1. The molecule has 2 rings (SSSR count). The molecule has 0 unspecified atom stereocenters. The van der Waals surface area contributed by atoms with Gasteiger partial charge in [-0.2, -0.15) is 0 Å². The Kier molecular flexibility index (Phi) is 6.48. The summed E-state index contributed by atoms with van der Waals surface area (Å²) in [6.45, 7) is 1.96. The molecule has 0 heterocycles. The maximum atomic E-state index is 12.2. The van der Waals surface area contributed by atoms with Gasteiger partial charge in [-0.25, -0.2) is 13.1 Å². The van der Waals surface area contributed by atoms with E-state index in [9.17, 15) is 8.42 Å². The molecule has 0 aliphatic carbocycles. The van der Waals surface area contributed by atoms with Crippen molar-refractivity contribution in [1.29, 1.82) is 0 Å². The Morgan fingerprint density at radius 3 is 2.33 bits per heavy atom. The zero-order valence-corrected chi connectivity index (χ0v) is 15.1. The van der Waals surface area contributed by atoms with E-state index in [1.54, 1.807) is 62.6 Å². The molecule has 0 aromatic heterocycles. The van der Waals surface area contributed by atoms with Crippen LogP contribution in [0.3, 0.4) is 0 Å². The van der Waals surface area contributed by atoms with Crippen LogP contribution in [0.5, 0.6) is 11.5 Å². The monoisotopic (exact) mass is 369 g/mol. The minimum absolute atomic E-state index is 0.167. The van der Waals surface area contributed by atoms with Gasteiger partial charge in [0.2, 0.25) is 10.0 Å². The second kappa shape index (κ2) is 8.37. The Morgan fingerprint density at radius 2 is 1.71 bits per heavy atom. The first kappa shape index (κ1) is 18.6. The van der Waals surface area contributed by atoms with E-state index in [1.807, 2.05) is 0 Å². The number of sulfonamides is 1. The van der Waals surface area contributed by atoms with Gasteiger partial charge in [0, 0.05) is 5.02 Å². The number of hydrogen-bond donors (Lipinski definition) is 1. The molecule has 130 valence electrons. The number of halogens is 1. The zero-order chi connectivity index (χ0) is 17.6. The molecule has 1 N–H and O–H groups in total. The van der Waals surface area contributed by atoms with Crippen LogP contribution in [-0.4, -0.2) is 28.2 Å². The summed E-state index contributed by atoms with van der Waals surface area (Å²) in [4.78, 5) is 0. The van der Waals surface area contributed by atoms with Crippen LogP contribution in [0.2, 0.25) is 5.02 Å². The van der Waals surface area contributed by atoms with Crippen LogP contribution in [0.25, 0.3) is 0 Å². The van der Waals surface area contributed by atoms with E-state index < -0.39 is 10.0 Å². The van der Waals surface area contributed by atoms with Gasteiger partial charge in [0.1, 0.15) is 18.1 Å². The van der Waals surface area contributed by atoms with E-state index in [0.717, 1.165) is 5.75 Å². The van der Waals surface area contributed by atoms with Crippen molar-refractivity contribution in [1.82, 2.24) is 4.72 Å². The number of ether oxygens (including phenoxy) is 2. The van der Waals surface area contributed by atoms with E-state index >= 15 is 0 Å². The number of nitrogens with one attached hydrogen (secondary N) is 1. The average Bonchev–Trinajstić information content (AvgIpc) is 2.55. The highest BCUT2D eigenvalue weighted by molar-refractivity contribution is 7.88. The fraction of sp³-hybridized carbons (Fsp3) is 0.294. The Balaban J connectivity index is 1.88. The smallest absolute Gasteiger partial charge is 0.216 e. The van der Waals surface area contributed by atoms with E-state index in [2.05, 4.69) is 4.72 Å². The van der Waals surface area contributed by atoms with Gasteiger partial charge in [-0.3, -0.25) is 0 Å². The maximum absolute atomic E-state index is 12.2. The van der Waals surface area contributed by atoms with Crippen LogP contribution in [-0.2, 0) is 15.8 Å².